The molecule has 0 saturated heterocycles. The normalized spacial score (nSPS) is 7.17. The Labute approximate surface area is 66.8 Å². The first-order valence-corrected chi connectivity index (χ1v) is 4.31. The van der Waals surface area contributed by atoms with Gasteiger partial charge >= 0.3 is 43.1 Å². The van der Waals surface area contributed by atoms with Gasteiger partial charge < -0.3 is 24.0 Å². The van der Waals surface area contributed by atoms with Gasteiger partial charge in [0.2, 0.25) is 0 Å². The molecule has 0 aliphatic carbocycles. The third-order valence-electron chi connectivity index (χ3n) is 0.604. The maximum atomic E-state index is 2.23. The summed E-state index contributed by atoms with van der Waals surface area (Å²) < 4.78 is 0. The summed E-state index contributed by atoms with van der Waals surface area (Å²) in [6.45, 7) is 2.23. The fourth-order valence-electron chi connectivity index (χ4n) is 0.250. The van der Waals surface area contributed by atoms with Crippen molar-refractivity contribution in [1.29, 1.82) is 0 Å². The Kier molecular flexibility index (Phi) is 16.6. The van der Waals surface area contributed by atoms with Crippen LogP contribution in [0.5, 0.6) is 0 Å². The Morgan fingerprint density at radius 1 is 1.50 bits per heavy atom. The summed E-state index contributed by atoms with van der Waals surface area (Å²) in [6, 6.07) is 0. The van der Waals surface area contributed by atoms with Gasteiger partial charge in [-0.05, 0) is 0 Å². The minimum Gasteiger partial charge on any atom is -1.00 e. The largest absolute Gasteiger partial charge is 1.00 e. The van der Waals surface area contributed by atoms with Crippen molar-refractivity contribution in [2.24, 2.45) is 0 Å². The number of unbranched alkanes of at least 4 members (excludes halogenated alkanes) is 1. The predicted molar refractivity (Wildman–Crippen MR) is 19.7 cm³/mol. The minimum atomic E-state index is 0. The monoisotopic (exact) mass is 248 g/mol. The van der Waals surface area contributed by atoms with Gasteiger partial charge in [-0.3, -0.25) is 0 Å². The molecular formula is C4H9IZn. The molecule has 0 aromatic carbocycles. The van der Waals surface area contributed by atoms with Gasteiger partial charge in [-0.2, -0.15) is 0 Å². The molecule has 0 atom stereocenters. The number of rotatable bonds is 2. The Bertz CT molecular complexity index is 15.0. The molecule has 6 heavy (non-hydrogen) atoms. The van der Waals surface area contributed by atoms with Crippen LogP contribution in [0.3, 0.4) is 0 Å². The summed E-state index contributed by atoms with van der Waals surface area (Å²) in [6.07, 6.45) is 2.82. The zero-order chi connectivity index (χ0) is 4.12. The van der Waals surface area contributed by atoms with Crippen LogP contribution >= 0.6 is 0 Å². The average molecular weight is 249 g/mol. The van der Waals surface area contributed by atoms with E-state index in [1.54, 1.807) is 0 Å². The van der Waals surface area contributed by atoms with Crippen LogP contribution in [-0.4, -0.2) is 0 Å². The Morgan fingerprint density at radius 3 is 2.00 bits per heavy atom. The molecule has 0 unspecified atom stereocenters. The molecule has 0 saturated carbocycles. The maximum Gasteiger partial charge on any atom is -1.00 e. The fraction of sp³-hybridized carbons (Fsp3) is 1.00. The van der Waals surface area contributed by atoms with E-state index >= 15 is 0 Å². The molecule has 0 amide bonds. The van der Waals surface area contributed by atoms with E-state index in [4.69, 9.17) is 0 Å². The molecule has 0 aromatic rings. The van der Waals surface area contributed by atoms with Gasteiger partial charge in [0, 0.05) is 0 Å². The van der Waals surface area contributed by atoms with Crippen LogP contribution in [-0.2, 0) is 18.3 Å². The van der Waals surface area contributed by atoms with Crippen LogP contribution in [0.2, 0.25) is 5.02 Å². The van der Waals surface area contributed by atoms with Gasteiger partial charge in [0.15, 0.2) is 0 Å². The Morgan fingerprint density at radius 2 is 2.00 bits per heavy atom. The zero-order valence-electron chi connectivity index (χ0n) is 4.21. The van der Waals surface area contributed by atoms with Crippen molar-refractivity contribution in [3.63, 3.8) is 0 Å². The van der Waals surface area contributed by atoms with Gasteiger partial charge in [0.1, 0.15) is 0 Å². The predicted octanol–water partition coefficient (Wildman–Crippen LogP) is -1.24. The third-order valence-corrected chi connectivity index (χ3v) is 1.65. The molecule has 0 aliphatic heterocycles. The third kappa shape index (κ3) is 9.02. The van der Waals surface area contributed by atoms with Gasteiger partial charge in [-0.15, -0.1) is 0 Å². The summed E-state index contributed by atoms with van der Waals surface area (Å²) in [5.41, 5.74) is 0. The van der Waals surface area contributed by atoms with Crippen molar-refractivity contribution in [2.75, 3.05) is 0 Å². The summed E-state index contributed by atoms with van der Waals surface area (Å²) >= 11 is 1.48. The van der Waals surface area contributed by atoms with Crippen molar-refractivity contribution in [3.8, 4) is 0 Å². The van der Waals surface area contributed by atoms with Crippen molar-refractivity contribution in [3.05, 3.63) is 0 Å². The van der Waals surface area contributed by atoms with Crippen molar-refractivity contribution >= 4 is 0 Å². The first-order valence-electron chi connectivity index (χ1n) is 2.21. The van der Waals surface area contributed by atoms with Crippen molar-refractivity contribution in [2.45, 2.75) is 24.8 Å². The molecule has 0 N–H and O–H groups in total. The van der Waals surface area contributed by atoms with E-state index < -0.39 is 0 Å². The molecule has 0 aliphatic rings. The second-order valence-corrected chi connectivity index (χ2v) is 2.69. The molecular weight excluding hydrogens is 240 g/mol. The van der Waals surface area contributed by atoms with Crippen molar-refractivity contribution < 1.29 is 42.3 Å². The fourth-order valence-corrected chi connectivity index (χ4v) is 1.30. The minimum absolute atomic E-state index is 0. The average Bonchev–Trinajstić information content (AvgIpc) is 1.41. The van der Waals surface area contributed by atoms with Crippen molar-refractivity contribution in [1.82, 2.24) is 0 Å². The maximum absolute atomic E-state index is 2.23. The summed E-state index contributed by atoms with van der Waals surface area (Å²) in [4.78, 5) is 0. The molecule has 0 nitrogen and oxygen atoms in total. The van der Waals surface area contributed by atoms with E-state index in [1.165, 1.54) is 36.2 Å². The molecule has 0 rings (SSSR count). The van der Waals surface area contributed by atoms with Gasteiger partial charge in [-0.25, -0.2) is 0 Å². The van der Waals surface area contributed by atoms with E-state index in [0.29, 0.717) is 0 Å². The Hall–Kier alpha value is 1.35. The van der Waals surface area contributed by atoms with E-state index in [1.807, 2.05) is 0 Å². The molecule has 2 heteroatoms. The van der Waals surface area contributed by atoms with Gasteiger partial charge in [0.25, 0.3) is 0 Å². The summed E-state index contributed by atoms with van der Waals surface area (Å²) in [5.74, 6) is 0. The van der Waals surface area contributed by atoms with Gasteiger partial charge in [0.05, 0.1) is 0 Å². The molecule has 0 bridgehead atoms. The standard InChI is InChI=1S/C4H9.HI.Zn/c1-3-4-2;;/h1,3-4H2,2H3;1H;/q;;+1/p-1. The SMILES string of the molecule is CCC[CH2][Zn+].[I-]. The van der Waals surface area contributed by atoms with Crippen LogP contribution in [0.25, 0.3) is 0 Å². The first-order chi connectivity index (χ1) is 2.41. The molecule has 0 fully saturated rings. The number of hydrogen-bond donors (Lipinski definition) is 0. The number of halogens is 1. The molecule has 0 heterocycles. The molecule has 34 valence electrons. The zero-order valence-corrected chi connectivity index (χ0v) is 9.33. The van der Waals surface area contributed by atoms with Crippen LogP contribution in [0.15, 0.2) is 0 Å². The molecule has 0 spiro atoms. The van der Waals surface area contributed by atoms with Crippen LogP contribution < -0.4 is 24.0 Å². The van der Waals surface area contributed by atoms with E-state index in [9.17, 15) is 0 Å². The Balaban J connectivity index is 0. The van der Waals surface area contributed by atoms with Crippen LogP contribution in [0, 0.1) is 0 Å². The second kappa shape index (κ2) is 9.61. The molecule has 0 aromatic heterocycles. The van der Waals surface area contributed by atoms with E-state index in [-0.39, 0.29) is 24.0 Å². The summed E-state index contributed by atoms with van der Waals surface area (Å²) in [5, 5.41) is 1.47. The first kappa shape index (κ1) is 10.4. The van der Waals surface area contributed by atoms with Crippen LogP contribution in [0.4, 0.5) is 0 Å². The quantitative estimate of drug-likeness (QED) is 0.424. The van der Waals surface area contributed by atoms with Gasteiger partial charge in [-0.1, -0.05) is 0 Å². The van der Waals surface area contributed by atoms with E-state index in [2.05, 4.69) is 6.92 Å². The van der Waals surface area contributed by atoms with Crippen LogP contribution in [0.1, 0.15) is 19.8 Å². The smallest absolute Gasteiger partial charge is 1.00 e. The number of hydrogen-bond acceptors (Lipinski definition) is 0. The summed E-state index contributed by atoms with van der Waals surface area (Å²) in [7, 11) is 0. The second-order valence-electron chi connectivity index (χ2n) is 1.21. The topological polar surface area (TPSA) is 0 Å². The molecule has 0 radical (unpaired) electrons. The van der Waals surface area contributed by atoms with E-state index in [0.717, 1.165) is 0 Å².